The first-order valence-corrected chi connectivity index (χ1v) is 7.76. The number of rotatable bonds is 4. The molecule has 0 fully saturated rings. The molecule has 0 unspecified atom stereocenters. The maximum atomic E-state index is 10.1. The highest BCUT2D eigenvalue weighted by Crippen LogP contribution is 2.35. The number of allylic oxidation sites excluding steroid dienone is 5. The van der Waals surface area contributed by atoms with Gasteiger partial charge in [0, 0.05) is 9.13 Å². The SMILES string of the molecule is C=C/C=C\C=C(/C)c1cccc(-c2ccccc2O)c1I. The fourth-order valence-electron chi connectivity index (χ4n) is 2.11. The number of phenolic OH excluding ortho intramolecular Hbond substituents is 1. The minimum absolute atomic E-state index is 0.306. The highest BCUT2D eigenvalue weighted by Gasteiger charge is 2.11. The van der Waals surface area contributed by atoms with Gasteiger partial charge in [-0.3, -0.25) is 0 Å². The Morgan fingerprint density at radius 2 is 1.76 bits per heavy atom. The van der Waals surface area contributed by atoms with Gasteiger partial charge < -0.3 is 5.11 Å². The van der Waals surface area contributed by atoms with Crippen LogP contribution in [0.15, 0.2) is 73.3 Å². The van der Waals surface area contributed by atoms with E-state index in [4.69, 9.17) is 0 Å². The van der Waals surface area contributed by atoms with Crippen molar-refractivity contribution in [2.75, 3.05) is 0 Å². The van der Waals surface area contributed by atoms with Crippen LogP contribution in [0, 0.1) is 3.57 Å². The first-order chi connectivity index (χ1) is 10.1. The molecule has 21 heavy (non-hydrogen) atoms. The van der Waals surface area contributed by atoms with Gasteiger partial charge in [-0.05, 0) is 52.3 Å². The lowest BCUT2D eigenvalue weighted by atomic mass is 9.99. The maximum Gasteiger partial charge on any atom is 0.123 e. The summed E-state index contributed by atoms with van der Waals surface area (Å²) in [5.74, 6) is 0.306. The molecule has 0 bridgehead atoms. The zero-order valence-electron chi connectivity index (χ0n) is 11.9. The zero-order chi connectivity index (χ0) is 15.2. The van der Waals surface area contributed by atoms with E-state index in [1.807, 2.05) is 42.5 Å². The predicted molar refractivity (Wildman–Crippen MR) is 99.2 cm³/mol. The molecule has 106 valence electrons. The number of para-hydroxylation sites is 1. The van der Waals surface area contributed by atoms with Crippen molar-refractivity contribution >= 4 is 28.2 Å². The third-order valence-electron chi connectivity index (χ3n) is 3.21. The Morgan fingerprint density at radius 3 is 2.48 bits per heavy atom. The van der Waals surface area contributed by atoms with Crippen LogP contribution in [0.3, 0.4) is 0 Å². The summed E-state index contributed by atoms with van der Waals surface area (Å²) in [6.07, 6.45) is 7.70. The summed E-state index contributed by atoms with van der Waals surface area (Å²) in [4.78, 5) is 0. The molecule has 0 aliphatic carbocycles. The van der Waals surface area contributed by atoms with Crippen LogP contribution in [-0.4, -0.2) is 5.11 Å². The molecule has 2 aromatic rings. The molecule has 2 rings (SSSR count). The largest absolute Gasteiger partial charge is 0.507 e. The van der Waals surface area contributed by atoms with Gasteiger partial charge in [0.15, 0.2) is 0 Å². The van der Waals surface area contributed by atoms with E-state index in [2.05, 4.69) is 48.2 Å². The average Bonchev–Trinajstić information content (AvgIpc) is 2.48. The smallest absolute Gasteiger partial charge is 0.123 e. The van der Waals surface area contributed by atoms with Crippen LogP contribution in [0.5, 0.6) is 5.75 Å². The fourth-order valence-corrected chi connectivity index (χ4v) is 3.19. The van der Waals surface area contributed by atoms with Crippen molar-refractivity contribution in [3.8, 4) is 16.9 Å². The molecule has 2 aromatic carbocycles. The summed E-state index contributed by atoms with van der Waals surface area (Å²) < 4.78 is 1.14. The Bertz CT molecular complexity index is 711. The third-order valence-corrected chi connectivity index (χ3v) is 4.37. The first kappa shape index (κ1) is 15.6. The summed E-state index contributed by atoms with van der Waals surface area (Å²) in [7, 11) is 0. The van der Waals surface area contributed by atoms with E-state index in [0.717, 1.165) is 14.7 Å². The Balaban J connectivity index is 2.51. The predicted octanol–water partition coefficient (Wildman–Crippen LogP) is 5.81. The minimum atomic E-state index is 0.306. The number of hydrogen-bond acceptors (Lipinski definition) is 1. The van der Waals surface area contributed by atoms with Gasteiger partial charge >= 0.3 is 0 Å². The van der Waals surface area contributed by atoms with Gasteiger partial charge in [-0.15, -0.1) is 0 Å². The standard InChI is InChI=1S/C19H17IO/c1-3-4-5-9-14(2)15-11-8-12-17(19(15)20)16-10-6-7-13-18(16)21/h3-13,21H,1H2,2H3/b5-4-,14-9+. The molecule has 0 radical (unpaired) electrons. The quantitative estimate of drug-likeness (QED) is 0.518. The minimum Gasteiger partial charge on any atom is -0.507 e. The van der Waals surface area contributed by atoms with Gasteiger partial charge in [-0.25, -0.2) is 0 Å². The third kappa shape index (κ3) is 3.64. The Kier molecular flexibility index (Phi) is 5.39. The van der Waals surface area contributed by atoms with E-state index in [9.17, 15) is 5.11 Å². The highest BCUT2D eigenvalue weighted by molar-refractivity contribution is 14.1. The summed E-state index contributed by atoms with van der Waals surface area (Å²) >= 11 is 2.34. The molecule has 0 aliphatic rings. The molecule has 0 heterocycles. The second-order valence-electron chi connectivity index (χ2n) is 4.65. The molecule has 1 N–H and O–H groups in total. The van der Waals surface area contributed by atoms with E-state index in [0.29, 0.717) is 5.75 Å². The zero-order valence-corrected chi connectivity index (χ0v) is 14.0. The van der Waals surface area contributed by atoms with Crippen LogP contribution in [-0.2, 0) is 0 Å². The normalized spacial score (nSPS) is 11.8. The highest BCUT2D eigenvalue weighted by atomic mass is 127. The van der Waals surface area contributed by atoms with E-state index >= 15 is 0 Å². The van der Waals surface area contributed by atoms with E-state index < -0.39 is 0 Å². The Morgan fingerprint density at radius 1 is 1.05 bits per heavy atom. The average molecular weight is 388 g/mol. The summed E-state index contributed by atoms with van der Waals surface area (Å²) in [5, 5.41) is 10.1. The van der Waals surface area contributed by atoms with E-state index in [-0.39, 0.29) is 0 Å². The van der Waals surface area contributed by atoms with Crippen LogP contribution in [0.4, 0.5) is 0 Å². The van der Waals surface area contributed by atoms with Crippen LogP contribution >= 0.6 is 22.6 Å². The topological polar surface area (TPSA) is 20.2 Å². The van der Waals surface area contributed by atoms with Crippen molar-refractivity contribution in [1.29, 1.82) is 0 Å². The second kappa shape index (κ2) is 7.27. The molecule has 0 aromatic heterocycles. The lowest BCUT2D eigenvalue weighted by molar-refractivity contribution is 0.477. The molecule has 0 atom stereocenters. The van der Waals surface area contributed by atoms with Crippen molar-refractivity contribution in [1.82, 2.24) is 0 Å². The molecular formula is C19H17IO. The molecular weight excluding hydrogens is 371 g/mol. The Labute approximate surface area is 139 Å². The van der Waals surface area contributed by atoms with Gasteiger partial charge in [0.1, 0.15) is 5.75 Å². The molecule has 0 saturated carbocycles. The monoisotopic (exact) mass is 388 g/mol. The number of halogens is 1. The van der Waals surface area contributed by atoms with E-state index in [1.54, 1.807) is 12.1 Å². The lowest BCUT2D eigenvalue weighted by Gasteiger charge is -2.11. The van der Waals surface area contributed by atoms with Gasteiger partial charge in [-0.2, -0.15) is 0 Å². The Hall–Kier alpha value is -1.81. The van der Waals surface area contributed by atoms with Gasteiger partial charge in [-0.1, -0.05) is 67.3 Å². The molecule has 0 saturated heterocycles. The maximum absolute atomic E-state index is 10.1. The van der Waals surface area contributed by atoms with Gasteiger partial charge in [0.05, 0.1) is 0 Å². The van der Waals surface area contributed by atoms with Crippen molar-refractivity contribution in [2.45, 2.75) is 6.92 Å². The molecule has 0 spiro atoms. The summed E-state index contributed by atoms with van der Waals surface area (Å²) in [5.41, 5.74) is 4.25. The van der Waals surface area contributed by atoms with Crippen LogP contribution < -0.4 is 0 Å². The van der Waals surface area contributed by atoms with Gasteiger partial charge in [0.25, 0.3) is 0 Å². The first-order valence-electron chi connectivity index (χ1n) is 6.68. The van der Waals surface area contributed by atoms with Crippen LogP contribution in [0.25, 0.3) is 16.7 Å². The van der Waals surface area contributed by atoms with Crippen molar-refractivity contribution in [2.24, 2.45) is 0 Å². The van der Waals surface area contributed by atoms with Crippen molar-refractivity contribution in [3.63, 3.8) is 0 Å². The van der Waals surface area contributed by atoms with Crippen molar-refractivity contribution in [3.05, 3.63) is 82.5 Å². The molecule has 0 amide bonds. The van der Waals surface area contributed by atoms with Crippen LogP contribution in [0.1, 0.15) is 12.5 Å². The summed E-state index contributed by atoms with van der Waals surface area (Å²) in [6.45, 7) is 5.75. The molecule has 1 nitrogen and oxygen atoms in total. The number of benzene rings is 2. The molecule has 0 aliphatic heterocycles. The molecule has 2 heteroatoms. The number of aromatic hydroxyl groups is 1. The number of hydrogen-bond donors (Lipinski definition) is 1. The summed E-state index contributed by atoms with van der Waals surface area (Å²) in [6, 6.07) is 13.6. The lowest BCUT2D eigenvalue weighted by Crippen LogP contribution is -1.90. The fraction of sp³-hybridized carbons (Fsp3) is 0.0526. The second-order valence-corrected chi connectivity index (χ2v) is 5.73. The van der Waals surface area contributed by atoms with Crippen LogP contribution in [0.2, 0.25) is 0 Å². The number of phenols is 1. The van der Waals surface area contributed by atoms with Gasteiger partial charge in [0.2, 0.25) is 0 Å². The van der Waals surface area contributed by atoms with E-state index in [1.165, 1.54) is 11.1 Å². The van der Waals surface area contributed by atoms with Crippen molar-refractivity contribution < 1.29 is 5.11 Å².